The molecule has 8 heterocycles. The van der Waals surface area contributed by atoms with Gasteiger partial charge in [0.15, 0.2) is 17.5 Å². The van der Waals surface area contributed by atoms with Crippen LogP contribution in [0.25, 0.3) is 268 Å². The highest BCUT2D eigenvalue weighted by molar-refractivity contribution is 6.17. The molecule has 0 aliphatic rings. The van der Waals surface area contributed by atoms with Gasteiger partial charge < -0.3 is 0 Å². The molecule has 0 spiro atoms. The number of fused-ring (bicyclic) bond motifs is 9. The van der Waals surface area contributed by atoms with Gasteiger partial charge >= 0.3 is 0 Å². The summed E-state index contributed by atoms with van der Waals surface area (Å²) in [5.41, 5.74) is 36.2. The van der Waals surface area contributed by atoms with Crippen molar-refractivity contribution in [2.45, 2.75) is 0 Å². The molecule has 702 valence electrons. The highest BCUT2D eigenvalue weighted by Crippen LogP contribution is 2.44. The zero-order valence-corrected chi connectivity index (χ0v) is 81.5. The van der Waals surface area contributed by atoms with Crippen LogP contribution in [0.2, 0.25) is 0 Å². The van der Waals surface area contributed by atoms with E-state index < -0.39 is 0 Å². The standard InChI is InChI=1S/C53H35N3.C47H31N3.C39H25N5/c1-4-14-36(15-5-1)42-21-12-23-44(32-42)50-35-51(45-24-13-22-43(33-45)37-16-6-2-7-17-37)56-53(55-50)41-28-26-40(27-29-41)49-34-47(38-18-8-3-9-19-38)52-46-25-11-10-20-39(46)30-31-48(52)54-49;1-4-13-32(14-5-1)38-20-12-21-39(29-38)45-31-44(35-18-8-3-9-19-35)49-47(50-45)37-25-23-36(24-26-37)43-30-41(33-15-6-2-7-16-33)46-40-22-11-10-17-34(40)27-28-42(46)48-43;1-2-10-26(11-3-1)31-24-35(42-34-21-20-27-12-4-5-13-30(27)38(31)34)28-16-18-29(19-17-28)39-43-36(32-14-6-8-22-40-32)25-37(44-39)33-15-7-9-23-41-33/h1-35H;1-31H;1-25H. The summed E-state index contributed by atoms with van der Waals surface area (Å²) >= 11 is 0. The van der Waals surface area contributed by atoms with E-state index in [-0.39, 0.29) is 0 Å². The third kappa shape index (κ3) is 19.1. The van der Waals surface area contributed by atoms with Gasteiger partial charge in [-0.3, -0.25) is 9.97 Å². The van der Waals surface area contributed by atoms with Crippen LogP contribution in [0.1, 0.15) is 0 Å². The van der Waals surface area contributed by atoms with Gasteiger partial charge in [0.1, 0.15) is 0 Å². The Bertz CT molecular complexity index is 9460. The first-order valence-electron chi connectivity index (χ1n) is 50.3. The monoisotopic (exact) mass is 1910 g/mol. The molecule has 8 aromatic heterocycles. The summed E-state index contributed by atoms with van der Waals surface area (Å²) in [5, 5.41) is 10.7. The lowest BCUT2D eigenvalue weighted by atomic mass is 9.94. The average Bonchev–Trinajstić information content (AvgIpc) is 0.760. The van der Waals surface area contributed by atoms with E-state index in [1.54, 1.807) is 12.4 Å². The Morgan fingerprint density at radius 2 is 0.333 bits per heavy atom. The van der Waals surface area contributed by atoms with Crippen LogP contribution in [0.5, 0.6) is 0 Å². The van der Waals surface area contributed by atoms with Crippen molar-refractivity contribution in [1.82, 2.24) is 54.8 Å². The van der Waals surface area contributed by atoms with E-state index in [1.807, 2.05) is 78.9 Å². The van der Waals surface area contributed by atoms with Gasteiger partial charge in [0.25, 0.3) is 0 Å². The minimum Gasteiger partial charge on any atom is -0.255 e. The first-order valence-corrected chi connectivity index (χ1v) is 50.3. The van der Waals surface area contributed by atoms with E-state index in [0.717, 1.165) is 168 Å². The fourth-order valence-electron chi connectivity index (χ4n) is 20.1. The van der Waals surface area contributed by atoms with E-state index in [9.17, 15) is 0 Å². The van der Waals surface area contributed by atoms with Crippen LogP contribution in [-0.2, 0) is 0 Å². The van der Waals surface area contributed by atoms with E-state index in [1.165, 1.54) is 82.0 Å². The summed E-state index contributed by atoms with van der Waals surface area (Å²) in [6.07, 6.45) is 3.55. The van der Waals surface area contributed by atoms with Gasteiger partial charge in [-0.25, -0.2) is 44.9 Å². The molecule has 19 aromatic carbocycles. The molecule has 0 saturated carbocycles. The lowest BCUT2D eigenvalue weighted by Gasteiger charge is -2.14. The molecule has 0 amide bonds. The predicted octanol–water partition coefficient (Wildman–Crippen LogP) is 35.3. The van der Waals surface area contributed by atoms with Crippen molar-refractivity contribution >= 4 is 65.0 Å². The van der Waals surface area contributed by atoms with Crippen molar-refractivity contribution in [3.63, 3.8) is 0 Å². The van der Waals surface area contributed by atoms with E-state index in [2.05, 4.69) is 471 Å². The average molecular weight is 1920 g/mol. The molecule has 150 heavy (non-hydrogen) atoms. The highest BCUT2D eigenvalue weighted by Gasteiger charge is 2.23. The molecule has 0 aliphatic carbocycles. The molecule has 0 aliphatic heterocycles. The van der Waals surface area contributed by atoms with Crippen molar-refractivity contribution in [3.05, 3.63) is 552 Å². The van der Waals surface area contributed by atoms with Gasteiger partial charge in [-0.05, 0) is 196 Å². The van der Waals surface area contributed by atoms with E-state index in [4.69, 9.17) is 44.9 Å². The van der Waals surface area contributed by atoms with Crippen LogP contribution in [0.15, 0.2) is 552 Å². The van der Waals surface area contributed by atoms with Crippen LogP contribution in [0, 0.1) is 0 Å². The molecule has 0 atom stereocenters. The lowest BCUT2D eigenvalue weighted by molar-refractivity contribution is 1.15. The minimum absolute atomic E-state index is 0.614. The Balaban J connectivity index is 0.000000117. The Labute approximate surface area is 868 Å². The van der Waals surface area contributed by atoms with Crippen molar-refractivity contribution in [2.24, 2.45) is 0 Å². The van der Waals surface area contributed by atoms with E-state index in [0.29, 0.717) is 17.5 Å². The molecule has 0 unspecified atom stereocenters. The summed E-state index contributed by atoms with van der Waals surface area (Å²) in [5.74, 6) is 1.96. The largest absolute Gasteiger partial charge is 0.255 e. The fourth-order valence-corrected chi connectivity index (χ4v) is 20.1. The van der Waals surface area contributed by atoms with Crippen LogP contribution in [-0.4, -0.2) is 54.8 Å². The van der Waals surface area contributed by atoms with E-state index >= 15 is 0 Å². The summed E-state index contributed by atoms with van der Waals surface area (Å²) < 4.78 is 0. The molecule has 11 nitrogen and oxygen atoms in total. The molecule has 11 heteroatoms. The molecule has 0 bridgehead atoms. The number of aromatic nitrogens is 11. The highest BCUT2D eigenvalue weighted by atomic mass is 14.9. The van der Waals surface area contributed by atoms with Crippen molar-refractivity contribution in [2.75, 3.05) is 0 Å². The molecule has 27 aromatic rings. The smallest absolute Gasteiger partial charge is 0.160 e. The second-order valence-electron chi connectivity index (χ2n) is 37.1. The van der Waals surface area contributed by atoms with Gasteiger partial charge in [0.05, 0.1) is 79.2 Å². The SMILES string of the molecule is c1ccc(-c2cc(-c3ccc(-c4nc(-c5ccccn5)cc(-c5ccccn5)n4)cc3)nc3ccc4ccccc4c23)cc1.c1ccc(-c2cccc(-c3cc(-c4cccc(-c5ccccc5)c4)nc(-c4ccc(-c5cc(-c6ccccc6)c6c(ccc7ccccc76)n5)cc4)n3)c2)cc1.c1ccc(-c2cccc(-c3cc(-c4ccccc4)nc(-c4ccc(-c5cc(-c6ccccc6)c6c(ccc7ccccc76)n5)cc4)n3)c2)cc1. The first-order chi connectivity index (χ1) is 74.3. The molecule has 0 radical (unpaired) electrons. The number of rotatable bonds is 18. The van der Waals surface area contributed by atoms with Crippen molar-refractivity contribution < 1.29 is 0 Å². The Morgan fingerprint density at radius 3 is 0.627 bits per heavy atom. The normalized spacial score (nSPS) is 11.2. The zero-order valence-electron chi connectivity index (χ0n) is 81.5. The number of pyridine rings is 5. The summed E-state index contributed by atoms with van der Waals surface area (Å²) in [6, 6.07) is 187. The Kier molecular flexibility index (Phi) is 25.0. The number of nitrogens with zero attached hydrogens (tertiary/aromatic N) is 11. The topological polar surface area (TPSA) is 142 Å². The van der Waals surface area contributed by atoms with Crippen LogP contribution >= 0.6 is 0 Å². The number of benzene rings is 19. The molecule has 0 N–H and O–H groups in total. The lowest BCUT2D eigenvalue weighted by Crippen LogP contribution is -1.97. The van der Waals surface area contributed by atoms with Gasteiger partial charge in [-0.1, -0.05) is 443 Å². The third-order valence-corrected chi connectivity index (χ3v) is 27.6. The third-order valence-electron chi connectivity index (χ3n) is 27.6. The van der Waals surface area contributed by atoms with Gasteiger partial charge in [-0.2, -0.15) is 0 Å². The zero-order chi connectivity index (χ0) is 99.8. The van der Waals surface area contributed by atoms with Crippen molar-refractivity contribution in [3.8, 4) is 203 Å². The Morgan fingerprint density at radius 1 is 0.113 bits per heavy atom. The molecule has 0 fully saturated rings. The predicted molar refractivity (Wildman–Crippen MR) is 618 cm³/mol. The maximum Gasteiger partial charge on any atom is 0.160 e. The first kappa shape index (κ1) is 91.0. The Hall–Kier alpha value is -20.3. The maximum absolute atomic E-state index is 5.23. The summed E-state index contributed by atoms with van der Waals surface area (Å²) in [6.45, 7) is 0. The molecular weight excluding hydrogens is 1820 g/mol. The van der Waals surface area contributed by atoms with Crippen LogP contribution in [0.3, 0.4) is 0 Å². The summed E-state index contributed by atoms with van der Waals surface area (Å²) in [7, 11) is 0. The van der Waals surface area contributed by atoms with Crippen LogP contribution < -0.4 is 0 Å². The van der Waals surface area contributed by atoms with Crippen molar-refractivity contribution in [1.29, 1.82) is 0 Å². The van der Waals surface area contributed by atoms with Gasteiger partial charge in [0.2, 0.25) is 0 Å². The van der Waals surface area contributed by atoms with Gasteiger partial charge in [0, 0.05) is 84.2 Å². The quantitative estimate of drug-likeness (QED) is 0.0758. The number of hydrogen-bond acceptors (Lipinski definition) is 11. The van der Waals surface area contributed by atoms with Gasteiger partial charge in [-0.15, -0.1) is 0 Å². The minimum atomic E-state index is 0.614. The maximum atomic E-state index is 5.23. The van der Waals surface area contributed by atoms with Crippen LogP contribution in [0.4, 0.5) is 0 Å². The fraction of sp³-hybridized carbons (Fsp3) is 0. The molecule has 0 saturated heterocycles. The molecular formula is C139H91N11. The summed E-state index contributed by atoms with van der Waals surface area (Å²) in [4.78, 5) is 55.1. The molecule has 27 rings (SSSR count). The second kappa shape index (κ2) is 41.2. The second-order valence-corrected chi connectivity index (χ2v) is 37.1. The number of hydrogen-bond donors (Lipinski definition) is 0.